The Bertz CT molecular complexity index is 740. The summed E-state index contributed by atoms with van der Waals surface area (Å²) in [5, 5.41) is 9.15. The zero-order valence-electron chi connectivity index (χ0n) is 17.6. The van der Waals surface area contributed by atoms with Crippen LogP contribution in [0.25, 0.3) is 0 Å². The number of hydrogen-bond acceptors (Lipinski definition) is 3. The van der Waals surface area contributed by atoms with Gasteiger partial charge >= 0.3 is 6.09 Å². The van der Waals surface area contributed by atoms with Crippen LogP contribution in [0.2, 0.25) is 0 Å². The largest absolute Gasteiger partial charge is 0.465 e. The highest BCUT2D eigenvalue weighted by atomic mass is 16.4. The Morgan fingerprint density at radius 2 is 1.66 bits per heavy atom. The van der Waals surface area contributed by atoms with E-state index in [0.29, 0.717) is 25.0 Å². The summed E-state index contributed by atoms with van der Waals surface area (Å²) in [4.78, 5) is 30.5. The number of carbonyl (C=O) groups is 2. The summed E-state index contributed by atoms with van der Waals surface area (Å²) in [7, 11) is 0. The Labute approximate surface area is 173 Å². The molecule has 158 valence electrons. The monoisotopic (exact) mass is 399 g/mol. The number of nitrogens with zero attached hydrogens (tertiary/aromatic N) is 3. The van der Waals surface area contributed by atoms with Crippen LogP contribution in [-0.2, 0) is 4.79 Å². The van der Waals surface area contributed by atoms with Crippen LogP contribution >= 0.6 is 0 Å². The van der Waals surface area contributed by atoms with Crippen LogP contribution < -0.4 is 0 Å². The first kappa shape index (κ1) is 20.2. The van der Waals surface area contributed by atoms with Crippen molar-refractivity contribution >= 4 is 12.0 Å². The maximum atomic E-state index is 13.2. The van der Waals surface area contributed by atoms with E-state index in [0.717, 1.165) is 50.9 Å². The molecule has 6 nitrogen and oxygen atoms in total. The molecular weight excluding hydrogens is 366 g/mol. The van der Waals surface area contributed by atoms with Gasteiger partial charge < -0.3 is 19.8 Å². The van der Waals surface area contributed by atoms with E-state index in [-0.39, 0.29) is 17.9 Å². The summed E-state index contributed by atoms with van der Waals surface area (Å²) in [5.74, 6) is 0.665. The number of piperidine rings is 2. The van der Waals surface area contributed by atoms with Crippen LogP contribution in [0.4, 0.5) is 4.79 Å². The molecule has 3 heterocycles. The molecule has 4 rings (SSSR count). The standard InChI is InChI=1S/C23H33N3O3/c1-3-19-20-6-4-16(2)5-7-21(20)26(22(19)27)18-10-12-24(13-11-18)17-8-14-25(15-9-17)23(28)29/h4-7,16-19H,3,8-15H2,1-2H3,(H,28,29). The van der Waals surface area contributed by atoms with Crippen LogP contribution in [0.15, 0.2) is 35.6 Å². The van der Waals surface area contributed by atoms with Gasteiger partial charge in [-0.2, -0.15) is 0 Å². The predicted molar refractivity (Wildman–Crippen MR) is 112 cm³/mol. The van der Waals surface area contributed by atoms with Gasteiger partial charge in [-0.25, -0.2) is 4.79 Å². The minimum Gasteiger partial charge on any atom is -0.465 e. The van der Waals surface area contributed by atoms with Gasteiger partial charge in [0.05, 0.1) is 5.92 Å². The van der Waals surface area contributed by atoms with E-state index >= 15 is 0 Å². The summed E-state index contributed by atoms with van der Waals surface area (Å²) in [6.45, 7) is 7.52. The number of amides is 2. The van der Waals surface area contributed by atoms with Crippen molar-refractivity contribution in [3.8, 4) is 0 Å². The summed E-state index contributed by atoms with van der Waals surface area (Å²) < 4.78 is 0. The maximum Gasteiger partial charge on any atom is 0.407 e. The van der Waals surface area contributed by atoms with Crippen LogP contribution in [-0.4, -0.2) is 70.1 Å². The lowest BCUT2D eigenvalue weighted by Gasteiger charge is -2.43. The molecule has 0 saturated carbocycles. The van der Waals surface area contributed by atoms with Gasteiger partial charge in [0, 0.05) is 44.0 Å². The average Bonchev–Trinajstić information content (AvgIpc) is 2.87. The van der Waals surface area contributed by atoms with Crippen molar-refractivity contribution in [1.82, 2.24) is 14.7 Å². The Hall–Kier alpha value is -2.08. The maximum absolute atomic E-state index is 13.2. The third-order valence-corrected chi connectivity index (χ3v) is 7.13. The van der Waals surface area contributed by atoms with E-state index in [1.54, 1.807) is 0 Å². The molecule has 1 N–H and O–H groups in total. The van der Waals surface area contributed by atoms with Crippen molar-refractivity contribution in [1.29, 1.82) is 0 Å². The lowest BCUT2D eigenvalue weighted by atomic mass is 9.96. The predicted octanol–water partition coefficient (Wildman–Crippen LogP) is 3.48. The van der Waals surface area contributed by atoms with Gasteiger partial charge in [0.25, 0.3) is 0 Å². The molecule has 2 saturated heterocycles. The van der Waals surface area contributed by atoms with Gasteiger partial charge in [0.1, 0.15) is 0 Å². The highest BCUT2D eigenvalue weighted by Gasteiger charge is 2.41. The first-order chi connectivity index (χ1) is 14.0. The number of hydrogen-bond donors (Lipinski definition) is 1. The normalized spacial score (nSPS) is 29.5. The van der Waals surface area contributed by atoms with Crippen molar-refractivity contribution in [2.45, 2.75) is 58.0 Å². The van der Waals surface area contributed by atoms with Crippen molar-refractivity contribution in [3.05, 3.63) is 35.6 Å². The van der Waals surface area contributed by atoms with E-state index < -0.39 is 6.09 Å². The molecule has 6 heteroatoms. The molecule has 29 heavy (non-hydrogen) atoms. The topological polar surface area (TPSA) is 64.1 Å². The Balaban J connectivity index is 1.41. The minimum atomic E-state index is -0.802. The molecule has 0 aromatic heterocycles. The lowest BCUT2D eigenvalue weighted by Crippen LogP contribution is -2.52. The number of likely N-dealkylation sites (tertiary alicyclic amines) is 2. The molecule has 1 aliphatic carbocycles. The quantitative estimate of drug-likeness (QED) is 0.789. The summed E-state index contributed by atoms with van der Waals surface area (Å²) in [5.41, 5.74) is 2.32. The zero-order valence-corrected chi connectivity index (χ0v) is 17.6. The van der Waals surface area contributed by atoms with Crippen LogP contribution in [0.3, 0.4) is 0 Å². The summed E-state index contributed by atoms with van der Waals surface area (Å²) in [6, 6.07) is 0.742. The molecule has 2 atom stereocenters. The molecule has 3 aliphatic heterocycles. The highest BCUT2D eigenvalue weighted by molar-refractivity contribution is 5.89. The Morgan fingerprint density at radius 1 is 1.03 bits per heavy atom. The zero-order chi connectivity index (χ0) is 20.5. The molecule has 0 aromatic rings. The van der Waals surface area contributed by atoms with Gasteiger partial charge in [-0.3, -0.25) is 4.79 Å². The summed E-state index contributed by atoms with van der Waals surface area (Å²) >= 11 is 0. The van der Waals surface area contributed by atoms with E-state index in [2.05, 4.69) is 48.0 Å². The Morgan fingerprint density at radius 3 is 2.28 bits per heavy atom. The van der Waals surface area contributed by atoms with Crippen LogP contribution in [0.1, 0.15) is 46.0 Å². The SMILES string of the molecule is CCC1C(=O)N(C2CCN(C3CCN(C(=O)O)CC3)CC2)C2=C1C=CC(C)C=C2. The smallest absolute Gasteiger partial charge is 0.407 e. The van der Waals surface area contributed by atoms with Gasteiger partial charge in [0.15, 0.2) is 0 Å². The number of allylic oxidation sites excluding steroid dienone is 4. The second-order valence-corrected chi connectivity index (χ2v) is 8.85. The lowest BCUT2D eigenvalue weighted by molar-refractivity contribution is -0.133. The van der Waals surface area contributed by atoms with Crippen molar-refractivity contribution in [3.63, 3.8) is 0 Å². The minimum absolute atomic E-state index is 0.00502. The van der Waals surface area contributed by atoms with Gasteiger partial charge in [0.2, 0.25) is 5.91 Å². The van der Waals surface area contributed by atoms with E-state index in [1.165, 1.54) is 10.5 Å². The first-order valence-corrected chi connectivity index (χ1v) is 11.1. The summed E-state index contributed by atoms with van der Waals surface area (Å²) in [6.07, 6.45) is 12.6. The molecule has 2 unspecified atom stereocenters. The fourth-order valence-corrected chi connectivity index (χ4v) is 5.38. The fraction of sp³-hybridized carbons (Fsp3) is 0.652. The van der Waals surface area contributed by atoms with Crippen molar-refractivity contribution < 1.29 is 14.7 Å². The van der Waals surface area contributed by atoms with Gasteiger partial charge in [-0.1, -0.05) is 32.1 Å². The molecule has 0 aromatic carbocycles. The second kappa shape index (κ2) is 8.34. The molecule has 2 fully saturated rings. The first-order valence-electron chi connectivity index (χ1n) is 11.1. The molecule has 0 radical (unpaired) electrons. The van der Waals surface area contributed by atoms with E-state index in [1.807, 2.05) is 0 Å². The highest BCUT2D eigenvalue weighted by Crippen LogP contribution is 2.39. The second-order valence-electron chi connectivity index (χ2n) is 8.85. The third-order valence-electron chi connectivity index (χ3n) is 7.13. The Kier molecular flexibility index (Phi) is 5.81. The van der Waals surface area contributed by atoms with Crippen molar-refractivity contribution in [2.24, 2.45) is 11.8 Å². The number of rotatable bonds is 3. The van der Waals surface area contributed by atoms with E-state index in [4.69, 9.17) is 5.11 Å². The van der Waals surface area contributed by atoms with Gasteiger partial charge in [-0.15, -0.1) is 0 Å². The van der Waals surface area contributed by atoms with E-state index in [9.17, 15) is 9.59 Å². The van der Waals surface area contributed by atoms with Crippen LogP contribution in [0.5, 0.6) is 0 Å². The molecule has 0 bridgehead atoms. The average molecular weight is 400 g/mol. The van der Waals surface area contributed by atoms with Crippen LogP contribution in [0, 0.1) is 11.8 Å². The molecule has 2 amide bonds. The molecule has 4 aliphatic rings. The molecule has 0 spiro atoms. The van der Waals surface area contributed by atoms with Crippen molar-refractivity contribution in [2.75, 3.05) is 26.2 Å². The third kappa shape index (κ3) is 3.87. The fourth-order valence-electron chi connectivity index (χ4n) is 5.38. The molecular formula is C23H33N3O3. The van der Waals surface area contributed by atoms with Gasteiger partial charge in [-0.05, 0) is 49.7 Å². The number of carbonyl (C=O) groups excluding carboxylic acids is 1. The number of carboxylic acid groups (broad SMARTS) is 1.